The Hall–Kier alpha value is 2.09. The summed E-state index contributed by atoms with van der Waals surface area (Å²) >= 11 is 2.73. The van der Waals surface area contributed by atoms with Crippen LogP contribution in [0, 0.1) is 47.3 Å². The van der Waals surface area contributed by atoms with Crippen molar-refractivity contribution in [3.05, 3.63) is 0 Å². The van der Waals surface area contributed by atoms with Crippen molar-refractivity contribution in [1.29, 1.82) is 0 Å². The maximum atomic E-state index is 3.00. The quantitative estimate of drug-likeness (QED) is 0.160. The maximum Gasteiger partial charge on any atom is 0.204 e. The summed E-state index contributed by atoms with van der Waals surface area (Å²) in [6.45, 7) is 40.8. The molecule has 1 saturated heterocycles. The first-order valence-electron chi connectivity index (χ1n) is 20.1. The Morgan fingerprint density at radius 3 is 1.26 bits per heavy atom. The molecule has 9 aliphatic rings. The lowest BCUT2D eigenvalue weighted by atomic mass is 9.55. The van der Waals surface area contributed by atoms with Crippen molar-refractivity contribution in [2.75, 3.05) is 0 Å². The zero-order chi connectivity index (χ0) is 33.6. The van der Waals surface area contributed by atoms with Crippen molar-refractivity contribution in [2.45, 2.75) is 176 Å². The van der Waals surface area contributed by atoms with Crippen LogP contribution >= 0.6 is 21.9 Å². The van der Waals surface area contributed by atoms with Gasteiger partial charge in [-0.05, 0) is 112 Å². The van der Waals surface area contributed by atoms with Gasteiger partial charge in [0.15, 0.2) is 0 Å². The Bertz CT molecular complexity index is 1110. The third-order valence-corrected chi connectivity index (χ3v) is 85.9. The summed E-state index contributed by atoms with van der Waals surface area (Å²) in [5, 5.41) is 2.41. The summed E-state index contributed by atoms with van der Waals surface area (Å²) in [4.78, 5) is 2.34. The van der Waals surface area contributed by atoms with Crippen LogP contribution < -0.4 is 0 Å². The molecule has 0 aromatic carbocycles. The van der Waals surface area contributed by atoms with Gasteiger partial charge in [0, 0.05) is 36.7 Å². The maximum absolute atomic E-state index is 3.00. The fourth-order valence-corrected chi connectivity index (χ4v) is 139. The average Bonchev–Trinajstić information content (AvgIpc) is 3.56. The molecule has 1 aliphatic heterocycles. The molecular weight excluding hydrogens is 705 g/mol. The highest BCUT2D eigenvalue weighted by atomic mass is 32.7. The molecule has 1 spiro atoms. The number of hydrogen-bond acceptors (Lipinski definition) is 2. The second-order valence-corrected chi connectivity index (χ2v) is 68.8. The normalized spacial score (nSPS) is 39.2. The van der Waals surface area contributed by atoms with Crippen LogP contribution in [0.1, 0.15) is 78.1 Å². The van der Waals surface area contributed by atoms with Crippen LogP contribution in [0.5, 0.6) is 0 Å². The van der Waals surface area contributed by atoms with E-state index in [-0.39, 0.29) is 0 Å². The molecule has 8 saturated carbocycles. The Labute approximate surface area is 302 Å². The van der Waals surface area contributed by atoms with E-state index in [4.69, 9.17) is 0 Å². The molecule has 0 atom stereocenters. The zero-order valence-electron chi connectivity index (χ0n) is 32.7. The van der Waals surface area contributed by atoms with E-state index in [1.54, 1.807) is 64.2 Å². The van der Waals surface area contributed by atoms with Gasteiger partial charge in [0.25, 0.3) is 0 Å². The highest BCUT2D eigenvalue weighted by Gasteiger charge is 2.74. The number of rotatable bonds is 10. The van der Waals surface area contributed by atoms with Gasteiger partial charge in [-0.2, -0.15) is 21.9 Å². The second-order valence-electron chi connectivity index (χ2n) is 23.1. The van der Waals surface area contributed by atoms with Crippen LogP contribution in [0.25, 0.3) is 0 Å². The van der Waals surface area contributed by atoms with Gasteiger partial charge in [-0.25, -0.2) is 0 Å². The van der Waals surface area contributed by atoms with Crippen LogP contribution in [-0.2, 0) is 0 Å². The van der Waals surface area contributed by atoms with Crippen LogP contribution in [0.15, 0.2) is 0 Å². The summed E-state index contributed by atoms with van der Waals surface area (Å²) in [5.41, 5.74) is 0.964. The molecule has 0 nitrogen and oxygen atoms in total. The van der Waals surface area contributed by atoms with Crippen LogP contribution in [-0.4, -0.2) is 63.6 Å². The van der Waals surface area contributed by atoms with E-state index in [1.165, 1.54) is 9.58 Å². The summed E-state index contributed by atoms with van der Waals surface area (Å²) in [5.74, 6) is 8.82. The van der Waals surface area contributed by atoms with Crippen molar-refractivity contribution >= 4 is 81.1 Å². The number of hydrogen-bond donors (Lipinski definition) is 0. The molecule has 9 heteroatoms. The van der Waals surface area contributed by atoms with Gasteiger partial charge in [0.2, 0.25) is 7.10 Å². The lowest BCUT2D eigenvalue weighted by Gasteiger charge is -2.64. The molecule has 0 amide bonds. The fraction of sp³-hybridized carbons (Fsp3) is 0.973. The topological polar surface area (TPSA) is 0 Å². The molecule has 8 aliphatic carbocycles. The zero-order valence-corrected chi connectivity index (χ0v) is 41.4. The third kappa shape index (κ3) is 5.80. The third-order valence-electron chi connectivity index (χ3n) is 15.1. The molecule has 261 valence electrons. The van der Waals surface area contributed by atoms with E-state index in [0.29, 0.717) is 0 Å². The fourth-order valence-electron chi connectivity index (χ4n) is 16.0. The van der Waals surface area contributed by atoms with E-state index >= 15 is 0 Å². The highest BCUT2D eigenvalue weighted by Crippen LogP contribution is 2.75. The van der Waals surface area contributed by atoms with Crippen LogP contribution in [0.3, 0.4) is 0 Å². The van der Waals surface area contributed by atoms with Crippen LogP contribution in [0.2, 0.25) is 93.7 Å². The summed E-state index contributed by atoms with van der Waals surface area (Å²) in [6, 6.07) is 0. The average molecular weight is 779 g/mol. The lowest BCUT2D eigenvalue weighted by Crippen LogP contribution is -2.75. The van der Waals surface area contributed by atoms with E-state index in [9.17, 15) is 0 Å². The molecule has 1 heterocycles. The molecule has 46 heavy (non-hydrogen) atoms. The summed E-state index contributed by atoms with van der Waals surface area (Å²) in [6.07, 6.45) is 16.3. The molecular formula is C37H73S2Si7. The van der Waals surface area contributed by atoms with Gasteiger partial charge < -0.3 is 0 Å². The van der Waals surface area contributed by atoms with Gasteiger partial charge in [-0.1, -0.05) is 113 Å². The van der Waals surface area contributed by atoms with Gasteiger partial charge >= 0.3 is 0 Å². The van der Waals surface area contributed by atoms with Crippen molar-refractivity contribution in [2.24, 2.45) is 47.3 Å². The minimum Gasteiger partial charge on any atom is -0.175 e. The van der Waals surface area contributed by atoms with Crippen molar-refractivity contribution in [3.63, 3.8) is 0 Å². The van der Waals surface area contributed by atoms with E-state index in [0.717, 1.165) is 57.3 Å². The molecule has 8 bridgehead atoms. The Morgan fingerprint density at radius 1 is 0.587 bits per heavy atom. The first kappa shape index (κ1) is 36.4. The second kappa shape index (κ2) is 11.8. The SMILES string of the molecule is CC(C)[Si](C([Si](C)(C)C)[Si](C)(C)C)(C([Si](C)(C)C)[Si](C)(C)C)[Si](S[Si]1SC12C1CC3CC(C1)CC2C3)=C1C2CC3CC(C2)CC1C3. The van der Waals surface area contributed by atoms with E-state index < -0.39 is 54.1 Å². The molecule has 9 fully saturated rings. The van der Waals surface area contributed by atoms with E-state index in [2.05, 4.69) is 119 Å². The molecule has 0 aromatic rings. The van der Waals surface area contributed by atoms with E-state index in [1.807, 2.05) is 0 Å². The van der Waals surface area contributed by atoms with Crippen LogP contribution in [0.4, 0.5) is 0 Å². The Kier molecular flexibility index (Phi) is 9.35. The molecule has 1 radical (unpaired) electrons. The van der Waals surface area contributed by atoms with Gasteiger partial charge in [0.05, 0.1) is 14.7 Å². The lowest BCUT2D eigenvalue weighted by molar-refractivity contribution is 0.0163. The summed E-state index contributed by atoms with van der Waals surface area (Å²) < 4.78 is 0.809. The molecule has 0 unspecified atom stereocenters. The van der Waals surface area contributed by atoms with Gasteiger partial charge in [-0.3, -0.25) is 0 Å². The monoisotopic (exact) mass is 777 g/mol. The smallest absolute Gasteiger partial charge is 0.175 e. The highest BCUT2D eigenvalue weighted by molar-refractivity contribution is 8.74. The van der Waals surface area contributed by atoms with Crippen molar-refractivity contribution in [3.8, 4) is 0 Å². The Morgan fingerprint density at radius 2 is 0.935 bits per heavy atom. The molecule has 9 rings (SSSR count). The first-order chi connectivity index (χ1) is 21.1. The first-order valence-corrected chi connectivity index (χ1v) is 44.4. The predicted octanol–water partition coefficient (Wildman–Crippen LogP) is 12.1. The summed E-state index contributed by atoms with van der Waals surface area (Å²) in [7, 11) is -5.61. The standard InChI is InChI=1S/C37H73S2Si7/c1-25(2)46(35(42(3,4)5)43(6,7)8,36(44(9,10)11)45(12,13)14)40(34-30-17-26-15-27(19-30)20-31(34)18-26)39-41-37(38-41)32-21-28-16-29(23-32)24-33(37)22-28/h25-33,35-36H,15-24H2,1-14H3. The van der Waals surface area contributed by atoms with Gasteiger partial charge in [-0.15, -0.1) is 0 Å². The molecule has 0 N–H and O–H groups in total. The van der Waals surface area contributed by atoms with Crippen molar-refractivity contribution < 1.29 is 0 Å². The minimum atomic E-state index is -1.82. The van der Waals surface area contributed by atoms with Crippen molar-refractivity contribution in [1.82, 2.24) is 0 Å². The predicted molar refractivity (Wildman–Crippen MR) is 230 cm³/mol. The molecule has 0 aromatic heterocycles. The van der Waals surface area contributed by atoms with Gasteiger partial charge in [0.1, 0.15) is 0 Å². The Balaban J connectivity index is 1.48. The largest absolute Gasteiger partial charge is 0.204 e. The minimum absolute atomic E-state index is 0.391.